The highest BCUT2D eigenvalue weighted by molar-refractivity contribution is 5.84. The Hall–Kier alpha value is -2.07. The number of carbonyl (C=O) groups is 1. The molecule has 0 aromatic heterocycles. The molecule has 1 aliphatic rings. The van der Waals surface area contributed by atoms with Crippen LogP contribution in [0.1, 0.15) is 71.8 Å². The smallest absolute Gasteiger partial charge is 0.304 e. The lowest BCUT2D eigenvalue weighted by Crippen LogP contribution is -2.30. The molecule has 1 N–H and O–H groups in total. The number of rotatable bonds is 9. The van der Waals surface area contributed by atoms with E-state index in [1.807, 2.05) is 0 Å². The van der Waals surface area contributed by atoms with Gasteiger partial charge >= 0.3 is 5.97 Å². The zero-order valence-electron chi connectivity index (χ0n) is 19.7. The lowest BCUT2D eigenvalue weighted by molar-refractivity contribution is -0.137. The summed E-state index contributed by atoms with van der Waals surface area (Å²) in [5, 5.41) is 11.4. The summed E-state index contributed by atoms with van der Waals surface area (Å²) in [5.74, 6) is 1.03. The standard InChI is InChI=1S/C27H39NO3/c1-5-15-28(16-14-26(29)30)19-20-6-7-22-18-25(11-8-21(22)17-20)31-24-12-9-23(10-13-24)27(2,3)4/h6-8,11,17-18,23-24H,5,9-10,12-16,19H2,1-4H3,(H,29,30)/t23-,24-. The van der Waals surface area contributed by atoms with E-state index in [1.54, 1.807) is 0 Å². The topological polar surface area (TPSA) is 49.8 Å². The predicted molar refractivity (Wildman–Crippen MR) is 128 cm³/mol. The Morgan fingerprint density at radius 2 is 1.71 bits per heavy atom. The molecule has 2 aromatic carbocycles. The van der Waals surface area contributed by atoms with Gasteiger partial charge in [-0.3, -0.25) is 9.69 Å². The molecule has 4 heteroatoms. The fourth-order valence-corrected chi connectivity index (χ4v) is 4.78. The van der Waals surface area contributed by atoms with E-state index in [4.69, 9.17) is 9.84 Å². The second kappa shape index (κ2) is 10.5. The molecule has 2 aromatic rings. The number of benzene rings is 2. The summed E-state index contributed by atoms with van der Waals surface area (Å²) in [7, 11) is 0. The number of ether oxygens (including phenoxy) is 1. The van der Waals surface area contributed by atoms with Gasteiger partial charge in [-0.1, -0.05) is 45.9 Å². The third kappa shape index (κ3) is 6.96. The average Bonchev–Trinajstić information content (AvgIpc) is 2.72. The van der Waals surface area contributed by atoms with Crippen molar-refractivity contribution in [3.63, 3.8) is 0 Å². The highest BCUT2D eigenvalue weighted by atomic mass is 16.5. The first kappa shape index (κ1) is 23.6. The van der Waals surface area contributed by atoms with Gasteiger partial charge in [-0.15, -0.1) is 0 Å². The van der Waals surface area contributed by atoms with Crippen molar-refractivity contribution in [1.82, 2.24) is 4.90 Å². The van der Waals surface area contributed by atoms with Crippen LogP contribution in [0, 0.1) is 11.3 Å². The molecule has 0 aliphatic heterocycles. The summed E-state index contributed by atoms with van der Waals surface area (Å²) in [6.07, 6.45) is 6.32. The third-order valence-electron chi connectivity index (χ3n) is 6.67. The van der Waals surface area contributed by atoms with Crippen molar-refractivity contribution in [2.24, 2.45) is 11.3 Å². The van der Waals surface area contributed by atoms with Crippen LogP contribution >= 0.6 is 0 Å². The molecule has 3 rings (SSSR count). The number of carboxylic acids is 1. The minimum Gasteiger partial charge on any atom is -0.490 e. The molecule has 0 spiro atoms. The van der Waals surface area contributed by atoms with E-state index in [-0.39, 0.29) is 6.42 Å². The van der Waals surface area contributed by atoms with E-state index in [1.165, 1.54) is 29.2 Å². The first-order valence-electron chi connectivity index (χ1n) is 11.9. The van der Waals surface area contributed by atoms with Crippen LogP contribution < -0.4 is 4.74 Å². The molecule has 31 heavy (non-hydrogen) atoms. The van der Waals surface area contributed by atoms with E-state index in [0.717, 1.165) is 44.0 Å². The maximum absolute atomic E-state index is 10.9. The Bertz CT molecular complexity index is 862. The quantitative estimate of drug-likeness (QED) is 0.497. The molecule has 0 amide bonds. The van der Waals surface area contributed by atoms with Gasteiger partial charge in [0.05, 0.1) is 12.5 Å². The van der Waals surface area contributed by atoms with Gasteiger partial charge < -0.3 is 9.84 Å². The summed E-state index contributed by atoms with van der Waals surface area (Å²) in [4.78, 5) is 13.2. The zero-order valence-corrected chi connectivity index (χ0v) is 19.7. The Labute approximate surface area is 187 Å². The first-order valence-corrected chi connectivity index (χ1v) is 11.9. The molecule has 0 saturated heterocycles. The van der Waals surface area contributed by atoms with Crippen LogP contribution in [0.2, 0.25) is 0 Å². The first-order chi connectivity index (χ1) is 14.7. The molecular weight excluding hydrogens is 386 g/mol. The Kier molecular flexibility index (Phi) is 7.99. The lowest BCUT2D eigenvalue weighted by atomic mass is 9.72. The number of fused-ring (bicyclic) bond motifs is 1. The van der Waals surface area contributed by atoms with Crippen LogP contribution in [0.25, 0.3) is 10.8 Å². The van der Waals surface area contributed by atoms with Crippen LogP contribution in [0.4, 0.5) is 0 Å². The molecule has 1 fully saturated rings. The molecular formula is C27H39NO3. The van der Waals surface area contributed by atoms with Crippen molar-refractivity contribution in [2.75, 3.05) is 13.1 Å². The van der Waals surface area contributed by atoms with Crippen molar-refractivity contribution in [1.29, 1.82) is 0 Å². The average molecular weight is 426 g/mol. The van der Waals surface area contributed by atoms with Crippen LogP contribution in [0.5, 0.6) is 5.75 Å². The van der Waals surface area contributed by atoms with Gasteiger partial charge in [-0.2, -0.15) is 0 Å². The maximum Gasteiger partial charge on any atom is 0.304 e. The highest BCUT2D eigenvalue weighted by Crippen LogP contribution is 2.39. The SMILES string of the molecule is CCCN(CCC(=O)O)Cc1ccc2cc(O[C@H]3CC[C@H](C(C)(C)C)CC3)ccc2c1. The Morgan fingerprint density at radius 1 is 1.03 bits per heavy atom. The van der Waals surface area contributed by atoms with Crippen LogP contribution in [-0.4, -0.2) is 35.2 Å². The summed E-state index contributed by atoms with van der Waals surface area (Å²) < 4.78 is 6.34. The van der Waals surface area contributed by atoms with Gasteiger partial charge in [-0.25, -0.2) is 0 Å². The molecule has 4 nitrogen and oxygen atoms in total. The van der Waals surface area contributed by atoms with E-state index >= 15 is 0 Å². The van der Waals surface area contributed by atoms with Crippen molar-refractivity contribution in [3.8, 4) is 5.75 Å². The Balaban J connectivity index is 1.61. The minimum atomic E-state index is -0.737. The van der Waals surface area contributed by atoms with Crippen molar-refractivity contribution in [2.45, 2.75) is 78.9 Å². The van der Waals surface area contributed by atoms with Crippen molar-refractivity contribution < 1.29 is 14.6 Å². The molecule has 1 aliphatic carbocycles. The van der Waals surface area contributed by atoms with E-state index < -0.39 is 5.97 Å². The normalized spacial score (nSPS) is 19.6. The fraction of sp³-hybridized carbons (Fsp3) is 0.593. The van der Waals surface area contributed by atoms with E-state index in [9.17, 15) is 4.79 Å². The second-order valence-corrected chi connectivity index (χ2v) is 10.2. The van der Waals surface area contributed by atoms with Crippen molar-refractivity contribution in [3.05, 3.63) is 42.0 Å². The summed E-state index contributed by atoms with van der Waals surface area (Å²) in [6.45, 7) is 11.5. The molecule has 0 heterocycles. The molecule has 0 bridgehead atoms. The van der Waals surface area contributed by atoms with Crippen molar-refractivity contribution >= 4 is 16.7 Å². The van der Waals surface area contributed by atoms with Gasteiger partial charge in [0.2, 0.25) is 0 Å². The monoisotopic (exact) mass is 425 g/mol. The van der Waals surface area contributed by atoms with E-state index in [2.05, 4.69) is 69.0 Å². The highest BCUT2D eigenvalue weighted by Gasteiger charge is 2.30. The number of carboxylic acid groups (broad SMARTS) is 1. The van der Waals surface area contributed by atoms with Crippen LogP contribution in [0.15, 0.2) is 36.4 Å². The summed E-state index contributed by atoms with van der Waals surface area (Å²) in [6, 6.07) is 12.9. The van der Waals surface area contributed by atoms with Crippen LogP contribution in [-0.2, 0) is 11.3 Å². The maximum atomic E-state index is 10.9. The Morgan fingerprint density at radius 3 is 2.35 bits per heavy atom. The van der Waals surface area contributed by atoms with E-state index in [0.29, 0.717) is 18.1 Å². The zero-order chi connectivity index (χ0) is 22.4. The lowest BCUT2D eigenvalue weighted by Gasteiger charge is -2.37. The number of nitrogens with zero attached hydrogens (tertiary/aromatic N) is 1. The number of hydrogen-bond acceptors (Lipinski definition) is 3. The predicted octanol–water partition coefficient (Wildman–Crippen LogP) is 6.51. The fourth-order valence-electron chi connectivity index (χ4n) is 4.78. The molecule has 0 atom stereocenters. The molecule has 170 valence electrons. The molecule has 1 saturated carbocycles. The van der Waals surface area contributed by atoms with Gasteiger partial charge in [0.15, 0.2) is 0 Å². The third-order valence-corrected chi connectivity index (χ3v) is 6.67. The number of aliphatic carboxylic acids is 1. The van der Waals surface area contributed by atoms with Crippen LogP contribution in [0.3, 0.4) is 0 Å². The number of hydrogen-bond donors (Lipinski definition) is 1. The summed E-state index contributed by atoms with van der Waals surface area (Å²) >= 11 is 0. The van der Waals surface area contributed by atoms with Gasteiger partial charge in [0.25, 0.3) is 0 Å². The second-order valence-electron chi connectivity index (χ2n) is 10.2. The molecule has 0 unspecified atom stereocenters. The summed E-state index contributed by atoms with van der Waals surface area (Å²) in [5.41, 5.74) is 1.62. The minimum absolute atomic E-state index is 0.186. The largest absolute Gasteiger partial charge is 0.490 e. The van der Waals surface area contributed by atoms with Gasteiger partial charge in [0, 0.05) is 13.1 Å². The van der Waals surface area contributed by atoms with Gasteiger partial charge in [-0.05, 0) is 84.5 Å². The van der Waals surface area contributed by atoms with Gasteiger partial charge in [0.1, 0.15) is 5.75 Å². The molecule has 0 radical (unpaired) electrons.